The Morgan fingerprint density at radius 2 is 1.95 bits per heavy atom. The summed E-state index contributed by atoms with van der Waals surface area (Å²) in [5.74, 6) is -1.48. The van der Waals surface area contributed by atoms with Crippen molar-refractivity contribution in [2.45, 2.75) is 32.5 Å². The summed E-state index contributed by atoms with van der Waals surface area (Å²) in [6, 6.07) is 2.00. The number of nitrogens with zero attached hydrogens (tertiary/aromatic N) is 1. The van der Waals surface area contributed by atoms with Crippen LogP contribution in [0, 0.1) is 24.0 Å². The topological polar surface area (TPSA) is 77.2 Å². The molecule has 0 saturated carbocycles. The molecule has 21 heavy (non-hydrogen) atoms. The quantitative estimate of drug-likeness (QED) is 0.391. The molecule has 2 rings (SSSR count). The second kappa shape index (κ2) is 6.82. The maximum atomic E-state index is 13.7. The van der Waals surface area contributed by atoms with Crippen molar-refractivity contribution < 1.29 is 8.78 Å². The van der Waals surface area contributed by atoms with Gasteiger partial charge in [0.1, 0.15) is 17.9 Å². The fraction of sp³-hybridized carbons (Fsp3) is 0.500. The molecule has 1 aromatic carbocycles. The molecule has 0 radical (unpaired) electrons. The standard InChI is InChI=1S/C14H21F2N5/c1-9-7-10(15)8-11(16)12(9)19-13(17)20-14(18)21-5-3-2-4-6-21/h7-8,14H,2-6,18H2,1H3,(H3,17,19,20)/t14-/m0/s1. The number of piperidine rings is 1. The van der Waals surface area contributed by atoms with Crippen LogP contribution in [-0.4, -0.2) is 30.2 Å². The number of benzene rings is 1. The van der Waals surface area contributed by atoms with E-state index in [9.17, 15) is 8.78 Å². The van der Waals surface area contributed by atoms with Crippen LogP contribution in [0.3, 0.4) is 0 Å². The maximum absolute atomic E-state index is 13.7. The first-order valence-corrected chi connectivity index (χ1v) is 7.05. The van der Waals surface area contributed by atoms with E-state index >= 15 is 0 Å². The Bertz CT molecular complexity index is 491. The maximum Gasteiger partial charge on any atom is 0.195 e. The van der Waals surface area contributed by atoms with Gasteiger partial charge in [0.15, 0.2) is 5.96 Å². The van der Waals surface area contributed by atoms with E-state index < -0.39 is 17.9 Å². The van der Waals surface area contributed by atoms with Gasteiger partial charge in [0, 0.05) is 19.2 Å². The van der Waals surface area contributed by atoms with E-state index in [-0.39, 0.29) is 11.6 Å². The van der Waals surface area contributed by atoms with Crippen LogP contribution >= 0.6 is 0 Å². The number of rotatable bonds is 3. The van der Waals surface area contributed by atoms with Gasteiger partial charge in [0.2, 0.25) is 0 Å². The van der Waals surface area contributed by atoms with Crippen LogP contribution in [0.2, 0.25) is 0 Å². The van der Waals surface area contributed by atoms with Crippen LogP contribution in [0.5, 0.6) is 0 Å². The number of hydrogen-bond donors (Lipinski definition) is 4. The highest BCUT2D eigenvalue weighted by Gasteiger charge is 2.18. The lowest BCUT2D eigenvalue weighted by molar-refractivity contribution is 0.155. The van der Waals surface area contributed by atoms with Gasteiger partial charge in [0.25, 0.3) is 0 Å². The van der Waals surface area contributed by atoms with Crippen molar-refractivity contribution in [1.82, 2.24) is 10.2 Å². The average molecular weight is 297 g/mol. The molecule has 5 N–H and O–H groups in total. The Morgan fingerprint density at radius 1 is 1.29 bits per heavy atom. The second-order valence-electron chi connectivity index (χ2n) is 5.27. The molecule has 1 aliphatic heterocycles. The Labute approximate surface area is 123 Å². The minimum Gasteiger partial charge on any atom is -0.328 e. The summed E-state index contributed by atoms with van der Waals surface area (Å²) in [7, 11) is 0. The molecule has 116 valence electrons. The molecule has 1 fully saturated rings. The fourth-order valence-corrected chi connectivity index (χ4v) is 2.46. The van der Waals surface area contributed by atoms with Gasteiger partial charge < -0.3 is 10.6 Å². The summed E-state index contributed by atoms with van der Waals surface area (Å²) in [6.45, 7) is 3.34. The molecule has 0 unspecified atom stereocenters. The lowest BCUT2D eigenvalue weighted by atomic mass is 10.1. The van der Waals surface area contributed by atoms with Crippen molar-refractivity contribution in [2.24, 2.45) is 5.73 Å². The van der Waals surface area contributed by atoms with E-state index in [1.165, 1.54) is 12.5 Å². The van der Waals surface area contributed by atoms with Crippen LogP contribution in [0.15, 0.2) is 12.1 Å². The van der Waals surface area contributed by atoms with Crippen molar-refractivity contribution >= 4 is 11.6 Å². The van der Waals surface area contributed by atoms with Crippen molar-refractivity contribution in [2.75, 3.05) is 18.4 Å². The normalized spacial score (nSPS) is 17.3. The van der Waals surface area contributed by atoms with Crippen LogP contribution in [0.1, 0.15) is 24.8 Å². The zero-order chi connectivity index (χ0) is 15.4. The van der Waals surface area contributed by atoms with Gasteiger partial charge in [-0.1, -0.05) is 6.42 Å². The van der Waals surface area contributed by atoms with Crippen molar-refractivity contribution in [3.8, 4) is 0 Å². The third-order valence-corrected chi connectivity index (χ3v) is 3.58. The molecule has 1 aliphatic rings. The minimum absolute atomic E-state index is 0.0831. The third-order valence-electron chi connectivity index (χ3n) is 3.58. The summed E-state index contributed by atoms with van der Waals surface area (Å²) in [4.78, 5) is 2.04. The van der Waals surface area contributed by atoms with Gasteiger partial charge in [-0.2, -0.15) is 0 Å². The largest absolute Gasteiger partial charge is 0.328 e. The predicted octanol–water partition coefficient (Wildman–Crippen LogP) is 1.94. The molecule has 1 heterocycles. The highest BCUT2D eigenvalue weighted by molar-refractivity contribution is 5.92. The first-order valence-electron chi connectivity index (χ1n) is 7.05. The van der Waals surface area contributed by atoms with E-state index in [0.717, 1.165) is 32.0 Å². The number of hydrogen-bond acceptors (Lipinski definition) is 3. The van der Waals surface area contributed by atoms with Gasteiger partial charge in [-0.3, -0.25) is 16.0 Å². The van der Waals surface area contributed by atoms with E-state index in [4.69, 9.17) is 11.1 Å². The lowest BCUT2D eigenvalue weighted by Crippen LogP contribution is -2.56. The second-order valence-corrected chi connectivity index (χ2v) is 5.27. The number of guanidine groups is 1. The van der Waals surface area contributed by atoms with E-state index in [2.05, 4.69) is 10.6 Å². The number of aryl methyl sites for hydroxylation is 1. The summed E-state index contributed by atoms with van der Waals surface area (Å²) in [5, 5.41) is 13.2. The first-order chi connectivity index (χ1) is 9.97. The summed E-state index contributed by atoms with van der Waals surface area (Å²) in [6.07, 6.45) is 2.87. The average Bonchev–Trinajstić information content (AvgIpc) is 2.43. The summed E-state index contributed by atoms with van der Waals surface area (Å²) in [5.41, 5.74) is 6.46. The Morgan fingerprint density at radius 3 is 2.57 bits per heavy atom. The molecule has 1 atom stereocenters. The molecule has 1 saturated heterocycles. The zero-order valence-corrected chi connectivity index (χ0v) is 12.0. The van der Waals surface area contributed by atoms with Crippen molar-refractivity contribution in [3.05, 3.63) is 29.3 Å². The smallest absolute Gasteiger partial charge is 0.195 e. The molecule has 0 amide bonds. The first kappa shape index (κ1) is 15.7. The highest BCUT2D eigenvalue weighted by atomic mass is 19.1. The molecule has 0 aromatic heterocycles. The molecule has 0 bridgehead atoms. The Balaban J connectivity index is 1.95. The molecule has 1 aromatic rings. The van der Waals surface area contributed by atoms with Crippen LogP contribution < -0.4 is 16.4 Å². The minimum atomic E-state index is -0.731. The predicted molar refractivity (Wildman–Crippen MR) is 79.0 cm³/mol. The van der Waals surface area contributed by atoms with Crippen LogP contribution in [-0.2, 0) is 0 Å². The molecule has 0 aliphatic carbocycles. The molecular formula is C14H21F2N5. The monoisotopic (exact) mass is 297 g/mol. The van der Waals surface area contributed by atoms with Gasteiger partial charge >= 0.3 is 0 Å². The number of anilines is 1. The van der Waals surface area contributed by atoms with E-state index in [1.807, 2.05) is 4.90 Å². The summed E-state index contributed by atoms with van der Waals surface area (Å²) >= 11 is 0. The number of likely N-dealkylation sites (tertiary alicyclic amines) is 1. The fourth-order valence-electron chi connectivity index (χ4n) is 2.46. The molecule has 7 heteroatoms. The summed E-state index contributed by atoms with van der Waals surface area (Å²) < 4.78 is 26.7. The number of halogens is 2. The molecular weight excluding hydrogens is 276 g/mol. The van der Waals surface area contributed by atoms with Gasteiger partial charge in [-0.25, -0.2) is 8.78 Å². The zero-order valence-electron chi connectivity index (χ0n) is 12.0. The Hall–Kier alpha value is -1.73. The Kier molecular flexibility index (Phi) is 5.08. The van der Waals surface area contributed by atoms with E-state index in [0.29, 0.717) is 5.56 Å². The highest BCUT2D eigenvalue weighted by Crippen LogP contribution is 2.20. The molecule has 5 nitrogen and oxygen atoms in total. The third kappa shape index (κ3) is 4.12. The lowest BCUT2D eigenvalue weighted by Gasteiger charge is -2.32. The van der Waals surface area contributed by atoms with Crippen molar-refractivity contribution in [3.63, 3.8) is 0 Å². The van der Waals surface area contributed by atoms with E-state index in [1.54, 1.807) is 6.92 Å². The van der Waals surface area contributed by atoms with Gasteiger partial charge in [0.05, 0.1) is 5.69 Å². The number of nitrogens with two attached hydrogens (primary N) is 1. The van der Waals surface area contributed by atoms with Gasteiger partial charge in [-0.15, -0.1) is 0 Å². The van der Waals surface area contributed by atoms with Crippen LogP contribution in [0.25, 0.3) is 0 Å². The number of nitrogens with one attached hydrogen (secondary N) is 3. The SMILES string of the molecule is Cc1cc(F)cc(F)c1NC(=N)N[C@H](N)N1CCCCC1. The van der Waals surface area contributed by atoms with Crippen molar-refractivity contribution in [1.29, 1.82) is 5.41 Å². The van der Waals surface area contributed by atoms with Crippen LogP contribution in [0.4, 0.5) is 14.5 Å². The van der Waals surface area contributed by atoms with Gasteiger partial charge in [-0.05, 0) is 31.4 Å². The molecule has 0 spiro atoms.